The van der Waals surface area contributed by atoms with E-state index in [4.69, 9.17) is 4.74 Å². The van der Waals surface area contributed by atoms with E-state index in [0.29, 0.717) is 0 Å². The Labute approximate surface area is 123 Å². The largest absolute Gasteiger partial charge is 0.486 e. The summed E-state index contributed by atoms with van der Waals surface area (Å²) in [6.45, 7) is 2.11. The predicted molar refractivity (Wildman–Crippen MR) is 79.7 cm³/mol. The van der Waals surface area contributed by atoms with E-state index in [0.717, 1.165) is 16.7 Å². The fourth-order valence-corrected chi connectivity index (χ4v) is 2.01. The number of hydrogen-bond donors (Lipinski definition) is 1. The number of rotatable bonds is 5. The molecule has 1 N–H and O–H groups in total. The van der Waals surface area contributed by atoms with E-state index >= 15 is 0 Å². The Hall–Kier alpha value is -2.36. The van der Waals surface area contributed by atoms with Crippen LogP contribution in [0.25, 0.3) is 0 Å². The molecule has 0 saturated carbocycles. The molecule has 21 heavy (non-hydrogen) atoms. The Morgan fingerprint density at radius 3 is 2.62 bits per heavy atom. The summed E-state index contributed by atoms with van der Waals surface area (Å²) in [5.74, 6) is -0.224. The van der Waals surface area contributed by atoms with E-state index in [-0.39, 0.29) is 30.5 Å². The molecular weight excluding hydrogens is 269 g/mol. The molecule has 0 saturated heterocycles. The normalized spacial score (nSPS) is 10.2. The summed E-state index contributed by atoms with van der Waals surface area (Å²) in [6.07, 6.45) is 0.284. The SMILES string of the molecule is CNC(=O)Cc1ccccc1COc1cc(C)ccc1F. The number of likely N-dealkylation sites (N-methyl/N-ethyl adjacent to an activating group) is 1. The first-order valence-corrected chi connectivity index (χ1v) is 6.76. The number of carbonyl (C=O) groups is 1. The van der Waals surface area contributed by atoms with Gasteiger partial charge in [0.1, 0.15) is 6.61 Å². The van der Waals surface area contributed by atoms with Gasteiger partial charge in [-0.15, -0.1) is 0 Å². The Morgan fingerprint density at radius 1 is 1.19 bits per heavy atom. The maximum Gasteiger partial charge on any atom is 0.224 e. The first-order valence-electron chi connectivity index (χ1n) is 6.76. The molecule has 0 radical (unpaired) electrons. The standard InChI is InChI=1S/C17H18FNO2/c1-12-7-8-15(18)16(9-12)21-11-14-6-4-3-5-13(14)10-17(20)19-2/h3-9H,10-11H2,1-2H3,(H,19,20). The van der Waals surface area contributed by atoms with Gasteiger partial charge in [0.25, 0.3) is 0 Å². The van der Waals surface area contributed by atoms with E-state index in [1.807, 2.05) is 31.2 Å². The predicted octanol–water partition coefficient (Wildman–Crippen LogP) is 3.00. The van der Waals surface area contributed by atoms with Crippen LogP contribution in [0, 0.1) is 12.7 Å². The third kappa shape index (κ3) is 4.05. The van der Waals surface area contributed by atoms with Crippen LogP contribution in [0.2, 0.25) is 0 Å². The second-order valence-electron chi connectivity index (χ2n) is 4.84. The summed E-state index contributed by atoms with van der Waals surface area (Å²) in [5.41, 5.74) is 2.69. The molecule has 110 valence electrons. The van der Waals surface area contributed by atoms with Crippen LogP contribution in [0.5, 0.6) is 5.75 Å². The topological polar surface area (TPSA) is 38.3 Å². The Morgan fingerprint density at radius 2 is 1.90 bits per heavy atom. The third-order valence-electron chi connectivity index (χ3n) is 3.22. The lowest BCUT2D eigenvalue weighted by atomic mass is 10.0. The maximum atomic E-state index is 13.6. The van der Waals surface area contributed by atoms with Crippen molar-refractivity contribution in [2.75, 3.05) is 7.05 Å². The van der Waals surface area contributed by atoms with Crippen molar-refractivity contribution in [1.29, 1.82) is 0 Å². The molecule has 0 bridgehead atoms. The highest BCUT2D eigenvalue weighted by molar-refractivity contribution is 5.78. The number of nitrogens with one attached hydrogen (secondary N) is 1. The number of halogens is 1. The van der Waals surface area contributed by atoms with E-state index in [2.05, 4.69) is 5.32 Å². The van der Waals surface area contributed by atoms with Crippen molar-refractivity contribution in [3.8, 4) is 5.75 Å². The smallest absolute Gasteiger partial charge is 0.224 e. The van der Waals surface area contributed by atoms with Crippen molar-refractivity contribution in [3.05, 3.63) is 65.0 Å². The third-order valence-corrected chi connectivity index (χ3v) is 3.22. The molecule has 0 heterocycles. The Kier molecular flexibility index (Phi) is 4.93. The van der Waals surface area contributed by atoms with Gasteiger partial charge in [-0.05, 0) is 35.7 Å². The fraction of sp³-hybridized carbons (Fsp3) is 0.235. The first kappa shape index (κ1) is 15.0. The van der Waals surface area contributed by atoms with Gasteiger partial charge in [0, 0.05) is 7.05 Å². The van der Waals surface area contributed by atoms with Gasteiger partial charge in [0.2, 0.25) is 5.91 Å². The summed E-state index contributed by atoms with van der Waals surface area (Å²) >= 11 is 0. The zero-order chi connectivity index (χ0) is 15.2. The molecule has 0 spiro atoms. The van der Waals surface area contributed by atoms with Crippen molar-refractivity contribution in [2.45, 2.75) is 20.0 Å². The van der Waals surface area contributed by atoms with Crippen LogP contribution in [0.4, 0.5) is 4.39 Å². The van der Waals surface area contributed by atoms with Crippen LogP contribution in [-0.4, -0.2) is 13.0 Å². The van der Waals surface area contributed by atoms with Gasteiger partial charge in [-0.1, -0.05) is 30.3 Å². The molecule has 0 aliphatic heterocycles. The molecule has 0 aromatic heterocycles. The molecule has 4 heteroatoms. The van der Waals surface area contributed by atoms with Gasteiger partial charge in [-0.3, -0.25) is 4.79 Å². The highest BCUT2D eigenvalue weighted by atomic mass is 19.1. The lowest BCUT2D eigenvalue weighted by Gasteiger charge is -2.11. The molecule has 0 unspecified atom stereocenters. The molecule has 0 atom stereocenters. The second kappa shape index (κ2) is 6.88. The second-order valence-corrected chi connectivity index (χ2v) is 4.84. The highest BCUT2D eigenvalue weighted by Crippen LogP contribution is 2.20. The van der Waals surface area contributed by atoms with E-state index in [9.17, 15) is 9.18 Å². The monoisotopic (exact) mass is 287 g/mol. The van der Waals surface area contributed by atoms with Crippen molar-refractivity contribution < 1.29 is 13.9 Å². The number of carbonyl (C=O) groups excluding carboxylic acids is 1. The molecule has 0 fully saturated rings. The van der Waals surface area contributed by atoms with Crippen molar-refractivity contribution in [3.63, 3.8) is 0 Å². The van der Waals surface area contributed by atoms with Crippen molar-refractivity contribution in [2.24, 2.45) is 0 Å². The van der Waals surface area contributed by atoms with Crippen LogP contribution >= 0.6 is 0 Å². The average Bonchev–Trinajstić information content (AvgIpc) is 2.49. The molecule has 3 nitrogen and oxygen atoms in total. The minimum absolute atomic E-state index is 0.0656. The number of benzene rings is 2. The van der Waals surface area contributed by atoms with Gasteiger partial charge in [-0.2, -0.15) is 0 Å². The van der Waals surface area contributed by atoms with Crippen LogP contribution in [0.3, 0.4) is 0 Å². The summed E-state index contributed by atoms with van der Waals surface area (Å²) < 4.78 is 19.2. The van der Waals surface area contributed by atoms with E-state index in [1.165, 1.54) is 6.07 Å². The Bertz CT molecular complexity index is 640. The van der Waals surface area contributed by atoms with Crippen LogP contribution in [0.15, 0.2) is 42.5 Å². The zero-order valence-electron chi connectivity index (χ0n) is 12.2. The molecular formula is C17H18FNO2. The molecule has 2 aromatic rings. The van der Waals surface area contributed by atoms with Crippen molar-refractivity contribution >= 4 is 5.91 Å². The average molecular weight is 287 g/mol. The minimum Gasteiger partial charge on any atom is -0.486 e. The first-order chi connectivity index (χ1) is 10.1. The summed E-state index contributed by atoms with van der Waals surface area (Å²) in [5, 5.41) is 2.59. The van der Waals surface area contributed by atoms with Gasteiger partial charge in [-0.25, -0.2) is 4.39 Å². The van der Waals surface area contributed by atoms with Crippen molar-refractivity contribution in [1.82, 2.24) is 5.32 Å². The van der Waals surface area contributed by atoms with Crippen LogP contribution in [0.1, 0.15) is 16.7 Å². The summed E-state index contributed by atoms with van der Waals surface area (Å²) in [7, 11) is 1.60. The van der Waals surface area contributed by atoms with Gasteiger partial charge in [0.15, 0.2) is 11.6 Å². The van der Waals surface area contributed by atoms with Gasteiger partial charge >= 0.3 is 0 Å². The van der Waals surface area contributed by atoms with Crippen LogP contribution in [-0.2, 0) is 17.8 Å². The lowest BCUT2D eigenvalue weighted by Crippen LogP contribution is -2.20. The van der Waals surface area contributed by atoms with Gasteiger partial charge in [0.05, 0.1) is 6.42 Å². The zero-order valence-corrected chi connectivity index (χ0v) is 12.2. The Balaban J connectivity index is 2.13. The number of hydrogen-bond acceptors (Lipinski definition) is 2. The molecule has 0 aliphatic rings. The number of ether oxygens (including phenoxy) is 1. The minimum atomic E-state index is -0.385. The van der Waals surface area contributed by atoms with Gasteiger partial charge < -0.3 is 10.1 Å². The molecule has 2 aromatic carbocycles. The summed E-state index contributed by atoms with van der Waals surface area (Å²) in [6, 6.07) is 12.2. The van der Waals surface area contributed by atoms with E-state index in [1.54, 1.807) is 19.2 Å². The quantitative estimate of drug-likeness (QED) is 0.918. The van der Waals surface area contributed by atoms with E-state index < -0.39 is 0 Å². The lowest BCUT2D eigenvalue weighted by molar-refractivity contribution is -0.119. The fourth-order valence-electron chi connectivity index (χ4n) is 2.01. The number of amides is 1. The molecule has 1 amide bonds. The molecule has 2 rings (SSSR count). The van der Waals surface area contributed by atoms with Crippen LogP contribution < -0.4 is 10.1 Å². The highest BCUT2D eigenvalue weighted by Gasteiger charge is 2.09. The molecule has 0 aliphatic carbocycles. The maximum absolute atomic E-state index is 13.6. The summed E-state index contributed by atoms with van der Waals surface area (Å²) in [4.78, 5) is 11.5. The number of aryl methyl sites for hydroxylation is 1.